The van der Waals surface area contributed by atoms with Gasteiger partial charge in [0, 0.05) is 5.41 Å². The second-order valence-electron chi connectivity index (χ2n) is 6.02. The Morgan fingerprint density at radius 1 is 1.00 bits per heavy atom. The maximum Gasteiger partial charge on any atom is 0.0982 e. The van der Waals surface area contributed by atoms with Gasteiger partial charge in [-0.1, -0.05) is 19.1 Å². The number of fused-ring (bicyclic) bond motifs is 2. The molecule has 2 heteroatoms. The lowest BCUT2D eigenvalue weighted by molar-refractivity contribution is 0.164. The fourth-order valence-corrected chi connectivity index (χ4v) is 3.42. The van der Waals surface area contributed by atoms with Crippen molar-refractivity contribution < 1.29 is 8.78 Å². The lowest BCUT2D eigenvalue weighted by Crippen LogP contribution is -2.26. The zero-order chi connectivity index (χ0) is 12.0. The third kappa shape index (κ3) is 1.69. The van der Waals surface area contributed by atoms with E-state index in [0.717, 1.165) is 18.8 Å². The Morgan fingerprint density at radius 2 is 1.47 bits per heavy atom. The molecule has 2 aliphatic carbocycles. The van der Waals surface area contributed by atoms with Crippen molar-refractivity contribution in [2.24, 2.45) is 11.3 Å². The Morgan fingerprint density at radius 3 is 1.88 bits per heavy atom. The molecule has 3 rings (SSSR count). The van der Waals surface area contributed by atoms with Crippen molar-refractivity contribution in [3.8, 4) is 0 Å². The molecule has 2 aliphatic rings. The van der Waals surface area contributed by atoms with E-state index in [1.165, 1.54) is 22.3 Å². The summed E-state index contributed by atoms with van der Waals surface area (Å²) in [5.74, 6) is 0.722. The minimum Gasteiger partial charge on any atom is -0.250 e. The van der Waals surface area contributed by atoms with Crippen molar-refractivity contribution in [3.05, 3.63) is 34.4 Å². The third-order valence-corrected chi connectivity index (χ3v) is 4.36. The minimum absolute atomic E-state index is 0.542. The van der Waals surface area contributed by atoms with Gasteiger partial charge in [-0.05, 0) is 53.9 Å². The summed E-state index contributed by atoms with van der Waals surface area (Å²) in [6.07, 6.45) is 3.41. The summed E-state index contributed by atoms with van der Waals surface area (Å²) in [6.45, 7) is 1.18. The van der Waals surface area contributed by atoms with Crippen LogP contribution < -0.4 is 0 Å². The van der Waals surface area contributed by atoms with Crippen LogP contribution >= 0.6 is 0 Å². The van der Waals surface area contributed by atoms with Gasteiger partial charge in [-0.15, -0.1) is 0 Å². The summed E-state index contributed by atoms with van der Waals surface area (Å²) in [5.41, 5.74) is 4.44. The Hall–Kier alpha value is -0.920. The number of halogens is 2. The van der Waals surface area contributed by atoms with E-state index < -0.39 is 18.8 Å². The monoisotopic (exact) mass is 236 g/mol. The first kappa shape index (κ1) is 11.2. The van der Waals surface area contributed by atoms with Gasteiger partial charge in [-0.25, -0.2) is 0 Å². The van der Waals surface area contributed by atoms with Gasteiger partial charge in [0.25, 0.3) is 0 Å². The molecule has 0 fully saturated rings. The highest BCUT2D eigenvalue weighted by Crippen LogP contribution is 2.41. The van der Waals surface area contributed by atoms with Crippen LogP contribution in [0.5, 0.6) is 0 Å². The van der Waals surface area contributed by atoms with Crippen LogP contribution in [0.2, 0.25) is 0 Å². The molecule has 0 amide bonds. The SMILES string of the molecule is CC1Cc2cc3c(cc2C1)CC(CF)(CF)C3. The number of benzene rings is 1. The van der Waals surface area contributed by atoms with E-state index in [1.54, 1.807) is 0 Å². The van der Waals surface area contributed by atoms with Crippen LogP contribution in [0, 0.1) is 11.3 Å². The fraction of sp³-hybridized carbons (Fsp3) is 0.600. The smallest absolute Gasteiger partial charge is 0.0982 e. The summed E-state index contributed by atoms with van der Waals surface area (Å²) in [6, 6.07) is 4.42. The first-order valence-electron chi connectivity index (χ1n) is 6.41. The molecule has 0 unspecified atom stereocenters. The van der Waals surface area contributed by atoms with E-state index in [-0.39, 0.29) is 0 Å². The zero-order valence-electron chi connectivity index (χ0n) is 10.2. The van der Waals surface area contributed by atoms with Crippen molar-refractivity contribution in [1.29, 1.82) is 0 Å². The van der Waals surface area contributed by atoms with Gasteiger partial charge in [-0.2, -0.15) is 0 Å². The normalized spacial score (nSPS) is 21.6. The molecule has 1 aromatic carbocycles. The van der Waals surface area contributed by atoms with Crippen LogP contribution in [-0.2, 0) is 25.7 Å². The van der Waals surface area contributed by atoms with Crippen molar-refractivity contribution >= 4 is 0 Å². The predicted octanol–water partition coefficient (Wildman–Crippen LogP) is 3.45. The molecule has 0 nitrogen and oxygen atoms in total. The van der Waals surface area contributed by atoms with Crippen LogP contribution in [0.15, 0.2) is 12.1 Å². The minimum atomic E-state index is -0.747. The number of rotatable bonds is 2. The molecular weight excluding hydrogens is 218 g/mol. The van der Waals surface area contributed by atoms with Crippen molar-refractivity contribution in [1.82, 2.24) is 0 Å². The lowest BCUT2D eigenvalue weighted by Gasteiger charge is -2.20. The maximum atomic E-state index is 13.0. The second-order valence-corrected chi connectivity index (χ2v) is 6.02. The average Bonchev–Trinajstić information content (AvgIpc) is 2.84. The molecule has 0 saturated carbocycles. The highest BCUT2D eigenvalue weighted by atomic mass is 19.1. The summed E-state index contributed by atoms with van der Waals surface area (Å²) >= 11 is 0. The van der Waals surface area contributed by atoms with Gasteiger partial charge < -0.3 is 0 Å². The van der Waals surface area contributed by atoms with Gasteiger partial charge in [0.05, 0.1) is 13.3 Å². The summed E-state index contributed by atoms with van der Waals surface area (Å²) in [7, 11) is 0. The summed E-state index contributed by atoms with van der Waals surface area (Å²) < 4.78 is 26.1. The number of alkyl halides is 2. The van der Waals surface area contributed by atoms with Crippen molar-refractivity contribution in [3.63, 3.8) is 0 Å². The second kappa shape index (κ2) is 3.79. The lowest BCUT2D eigenvalue weighted by atomic mass is 9.88. The Kier molecular flexibility index (Phi) is 2.49. The van der Waals surface area contributed by atoms with E-state index >= 15 is 0 Å². The molecule has 0 saturated heterocycles. The van der Waals surface area contributed by atoms with E-state index in [4.69, 9.17) is 0 Å². The largest absolute Gasteiger partial charge is 0.250 e. The molecule has 0 aliphatic heterocycles. The molecule has 92 valence electrons. The molecule has 0 bridgehead atoms. The van der Waals surface area contributed by atoms with Crippen LogP contribution in [0.1, 0.15) is 29.2 Å². The van der Waals surface area contributed by atoms with Gasteiger partial charge in [0.15, 0.2) is 0 Å². The van der Waals surface area contributed by atoms with Gasteiger partial charge in [0.1, 0.15) is 0 Å². The van der Waals surface area contributed by atoms with E-state index in [1.807, 2.05) is 0 Å². The van der Waals surface area contributed by atoms with E-state index in [2.05, 4.69) is 19.1 Å². The molecule has 0 atom stereocenters. The average molecular weight is 236 g/mol. The molecule has 0 spiro atoms. The van der Waals surface area contributed by atoms with Crippen LogP contribution in [0.3, 0.4) is 0 Å². The topological polar surface area (TPSA) is 0 Å². The number of hydrogen-bond acceptors (Lipinski definition) is 0. The highest BCUT2D eigenvalue weighted by molar-refractivity contribution is 5.45. The van der Waals surface area contributed by atoms with Gasteiger partial charge >= 0.3 is 0 Å². The molecule has 0 radical (unpaired) electrons. The molecule has 17 heavy (non-hydrogen) atoms. The molecule has 0 heterocycles. The first-order chi connectivity index (χ1) is 8.15. The Balaban J connectivity index is 1.96. The van der Waals surface area contributed by atoms with Crippen LogP contribution in [0.4, 0.5) is 8.78 Å². The number of hydrogen-bond donors (Lipinski definition) is 0. The van der Waals surface area contributed by atoms with Crippen LogP contribution in [-0.4, -0.2) is 13.3 Å². The quantitative estimate of drug-likeness (QED) is 0.738. The molecule has 1 aromatic rings. The van der Waals surface area contributed by atoms with Crippen molar-refractivity contribution in [2.75, 3.05) is 13.3 Å². The zero-order valence-corrected chi connectivity index (χ0v) is 10.2. The summed E-state index contributed by atoms with van der Waals surface area (Å²) in [5, 5.41) is 0. The maximum absolute atomic E-state index is 13.0. The van der Waals surface area contributed by atoms with Gasteiger partial charge in [0.2, 0.25) is 0 Å². The fourth-order valence-electron chi connectivity index (χ4n) is 3.42. The first-order valence-corrected chi connectivity index (χ1v) is 6.41. The van der Waals surface area contributed by atoms with Crippen molar-refractivity contribution in [2.45, 2.75) is 32.6 Å². The predicted molar refractivity (Wildman–Crippen MR) is 64.8 cm³/mol. The Labute approximate surface area is 101 Å². The van der Waals surface area contributed by atoms with E-state index in [0.29, 0.717) is 12.8 Å². The highest BCUT2D eigenvalue weighted by Gasteiger charge is 2.38. The summed E-state index contributed by atoms with van der Waals surface area (Å²) in [4.78, 5) is 0. The van der Waals surface area contributed by atoms with Crippen LogP contribution in [0.25, 0.3) is 0 Å². The standard InChI is InChI=1S/C15H18F2/c1-10-2-11-4-13-6-15(8-16,9-17)7-14(13)5-12(11)3-10/h4-5,10H,2-3,6-9H2,1H3. The molecular formula is C15H18F2. The van der Waals surface area contributed by atoms with Gasteiger partial charge in [-0.3, -0.25) is 8.78 Å². The molecule has 0 aromatic heterocycles. The third-order valence-electron chi connectivity index (χ3n) is 4.36. The molecule has 0 N–H and O–H groups in total. The Bertz CT molecular complexity index is 409. The van der Waals surface area contributed by atoms with E-state index in [9.17, 15) is 8.78 Å².